The lowest BCUT2D eigenvalue weighted by molar-refractivity contribution is -0.126. The third-order valence-electron chi connectivity index (χ3n) is 4.47. The number of ether oxygens (including phenoxy) is 3. The van der Waals surface area contributed by atoms with E-state index in [0.29, 0.717) is 33.5 Å². The highest BCUT2D eigenvalue weighted by Crippen LogP contribution is 2.34. The van der Waals surface area contributed by atoms with Crippen LogP contribution in [0.25, 0.3) is 11.3 Å². The van der Waals surface area contributed by atoms with E-state index in [0.717, 1.165) is 5.56 Å². The second-order valence-corrected chi connectivity index (χ2v) is 6.84. The molecule has 7 heteroatoms. The smallest absolute Gasteiger partial charge is 0.258 e. The van der Waals surface area contributed by atoms with Crippen molar-refractivity contribution < 1.29 is 19.0 Å². The van der Waals surface area contributed by atoms with Gasteiger partial charge in [-0.2, -0.15) is 0 Å². The Kier molecular flexibility index (Phi) is 7.50. The van der Waals surface area contributed by atoms with Crippen LogP contribution in [-0.4, -0.2) is 31.7 Å². The van der Waals surface area contributed by atoms with Crippen molar-refractivity contribution >= 4 is 23.2 Å². The van der Waals surface area contributed by atoms with E-state index in [1.165, 1.54) is 0 Å². The van der Waals surface area contributed by atoms with Gasteiger partial charge in [0.25, 0.3) is 5.91 Å². The molecular weight excluding hydrogens is 416 g/mol. The van der Waals surface area contributed by atoms with Crippen molar-refractivity contribution in [2.45, 2.75) is 6.10 Å². The fourth-order valence-corrected chi connectivity index (χ4v) is 3.14. The van der Waals surface area contributed by atoms with Crippen molar-refractivity contribution in [3.63, 3.8) is 0 Å². The molecule has 6 nitrogen and oxygen atoms in total. The molecule has 1 N–H and O–H groups in total. The summed E-state index contributed by atoms with van der Waals surface area (Å²) in [5, 5.41) is 3.46. The first-order chi connectivity index (χ1) is 15.1. The van der Waals surface area contributed by atoms with Crippen molar-refractivity contribution in [2.75, 3.05) is 26.1 Å². The molecule has 3 aromatic rings. The Morgan fingerprint density at radius 3 is 2.55 bits per heavy atom. The third-order valence-corrected chi connectivity index (χ3v) is 4.72. The Labute approximate surface area is 186 Å². The first kappa shape index (κ1) is 22.2. The molecule has 2 aromatic carbocycles. The number of hydrogen-bond acceptors (Lipinski definition) is 5. The highest BCUT2D eigenvalue weighted by molar-refractivity contribution is 6.30. The summed E-state index contributed by atoms with van der Waals surface area (Å²) in [5.74, 6) is 3.16. The van der Waals surface area contributed by atoms with Gasteiger partial charge in [-0.15, -0.1) is 6.42 Å². The van der Waals surface area contributed by atoms with Crippen LogP contribution < -0.4 is 14.8 Å². The van der Waals surface area contributed by atoms with Crippen LogP contribution in [-0.2, 0) is 9.53 Å². The van der Waals surface area contributed by atoms with Gasteiger partial charge < -0.3 is 19.5 Å². The molecule has 1 atom stereocenters. The second kappa shape index (κ2) is 10.5. The molecule has 1 amide bonds. The second-order valence-electron chi connectivity index (χ2n) is 6.41. The minimum absolute atomic E-state index is 0.0176. The Hall–Kier alpha value is -3.53. The van der Waals surface area contributed by atoms with Gasteiger partial charge in [-0.25, -0.2) is 0 Å². The Morgan fingerprint density at radius 2 is 1.87 bits per heavy atom. The topological polar surface area (TPSA) is 69.7 Å². The van der Waals surface area contributed by atoms with E-state index >= 15 is 0 Å². The number of methoxy groups -OCH3 is 2. The Balaban J connectivity index is 1.92. The van der Waals surface area contributed by atoms with Crippen molar-refractivity contribution in [2.24, 2.45) is 0 Å². The average Bonchev–Trinajstić information content (AvgIpc) is 2.80. The quantitative estimate of drug-likeness (QED) is 0.516. The molecule has 158 valence electrons. The standard InChI is InChI=1S/C24H21ClN2O4/c1-4-14-31-23(16-7-10-18(25)11-8-16)24(28)27-19-6-5-13-26-22(19)17-9-12-20(29-2)21(15-17)30-3/h1,5-13,15,23H,14H2,2-3H3,(H,27,28). The monoisotopic (exact) mass is 436 g/mol. The van der Waals surface area contributed by atoms with Crippen molar-refractivity contribution in [1.29, 1.82) is 0 Å². The van der Waals surface area contributed by atoms with Crippen LogP contribution >= 0.6 is 11.6 Å². The first-order valence-corrected chi connectivity index (χ1v) is 9.74. The number of aromatic nitrogens is 1. The summed E-state index contributed by atoms with van der Waals surface area (Å²) in [5.41, 5.74) is 2.47. The predicted octanol–water partition coefficient (Wildman–Crippen LogP) is 4.75. The maximum absolute atomic E-state index is 13.1. The van der Waals surface area contributed by atoms with Gasteiger partial charge in [0.1, 0.15) is 6.61 Å². The largest absolute Gasteiger partial charge is 0.493 e. The number of benzene rings is 2. The van der Waals surface area contributed by atoms with Crippen molar-refractivity contribution in [1.82, 2.24) is 4.98 Å². The molecule has 0 radical (unpaired) electrons. The SMILES string of the molecule is C#CCOC(C(=O)Nc1cccnc1-c1ccc(OC)c(OC)c1)c1ccc(Cl)cc1. The summed E-state index contributed by atoms with van der Waals surface area (Å²) >= 11 is 5.96. The minimum atomic E-state index is -0.910. The van der Waals surface area contributed by atoms with Crippen LogP contribution in [0.2, 0.25) is 5.02 Å². The highest BCUT2D eigenvalue weighted by atomic mass is 35.5. The molecule has 0 aliphatic rings. The van der Waals surface area contributed by atoms with Gasteiger partial charge in [-0.3, -0.25) is 9.78 Å². The highest BCUT2D eigenvalue weighted by Gasteiger charge is 2.23. The van der Waals surface area contributed by atoms with E-state index in [2.05, 4.69) is 16.2 Å². The zero-order valence-electron chi connectivity index (χ0n) is 17.1. The molecule has 1 unspecified atom stereocenters. The lowest BCUT2D eigenvalue weighted by atomic mass is 10.1. The molecule has 0 saturated carbocycles. The van der Waals surface area contributed by atoms with Gasteiger partial charge in [0, 0.05) is 16.8 Å². The summed E-state index contributed by atoms with van der Waals surface area (Å²) in [6.07, 6.45) is 6.06. The molecule has 0 aliphatic carbocycles. The zero-order chi connectivity index (χ0) is 22.2. The van der Waals surface area contributed by atoms with Gasteiger partial charge in [0.2, 0.25) is 0 Å². The van der Waals surface area contributed by atoms with Gasteiger partial charge >= 0.3 is 0 Å². The van der Waals surface area contributed by atoms with Crippen LogP contribution in [0.3, 0.4) is 0 Å². The molecule has 0 saturated heterocycles. The molecule has 0 fully saturated rings. The summed E-state index contributed by atoms with van der Waals surface area (Å²) in [7, 11) is 3.12. The zero-order valence-corrected chi connectivity index (χ0v) is 17.8. The Bertz CT molecular complexity index is 1090. The molecule has 0 spiro atoms. The summed E-state index contributed by atoms with van der Waals surface area (Å²) in [6.45, 7) is -0.0176. The number of halogens is 1. The van der Waals surface area contributed by atoms with Crippen molar-refractivity contribution in [3.8, 4) is 35.1 Å². The number of terminal acetylenes is 1. The first-order valence-electron chi connectivity index (χ1n) is 9.36. The van der Waals surface area contributed by atoms with Gasteiger partial charge in [-0.1, -0.05) is 29.7 Å². The van der Waals surface area contributed by atoms with Gasteiger partial charge in [-0.05, 0) is 48.0 Å². The Morgan fingerprint density at radius 1 is 1.13 bits per heavy atom. The number of carbonyl (C=O) groups is 1. The van der Waals surface area contributed by atoms with Crippen LogP contribution in [0.15, 0.2) is 60.8 Å². The van der Waals surface area contributed by atoms with Crippen LogP contribution in [0.4, 0.5) is 5.69 Å². The van der Waals surface area contributed by atoms with Crippen LogP contribution in [0, 0.1) is 12.3 Å². The molecule has 3 rings (SSSR count). The number of anilines is 1. The third kappa shape index (κ3) is 5.34. The maximum Gasteiger partial charge on any atom is 0.258 e. The molecular formula is C24H21ClN2O4. The fourth-order valence-electron chi connectivity index (χ4n) is 3.01. The van der Waals surface area contributed by atoms with E-state index in [1.807, 2.05) is 6.07 Å². The molecule has 0 bridgehead atoms. The van der Waals surface area contributed by atoms with E-state index in [4.69, 9.17) is 32.2 Å². The number of carbonyl (C=O) groups excluding carboxylic acids is 1. The summed E-state index contributed by atoms with van der Waals surface area (Å²) in [6, 6.07) is 15.7. The van der Waals surface area contributed by atoms with E-state index in [-0.39, 0.29) is 12.5 Å². The van der Waals surface area contributed by atoms with Crippen LogP contribution in [0.1, 0.15) is 11.7 Å². The summed E-state index contributed by atoms with van der Waals surface area (Å²) < 4.78 is 16.3. The number of hydrogen-bond donors (Lipinski definition) is 1. The molecule has 0 aliphatic heterocycles. The molecule has 1 aromatic heterocycles. The predicted molar refractivity (Wildman–Crippen MR) is 120 cm³/mol. The average molecular weight is 437 g/mol. The van der Waals surface area contributed by atoms with Crippen molar-refractivity contribution in [3.05, 3.63) is 71.4 Å². The van der Waals surface area contributed by atoms with E-state index in [1.54, 1.807) is 68.9 Å². The number of nitrogens with one attached hydrogen (secondary N) is 1. The van der Waals surface area contributed by atoms with Gasteiger partial charge in [0.05, 0.1) is 25.6 Å². The maximum atomic E-state index is 13.1. The van der Waals surface area contributed by atoms with E-state index in [9.17, 15) is 4.79 Å². The number of amides is 1. The van der Waals surface area contributed by atoms with E-state index < -0.39 is 6.10 Å². The normalized spacial score (nSPS) is 11.3. The van der Waals surface area contributed by atoms with Gasteiger partial charge in [0.15, 0.2) is 17.6 Å². The van der Waals surface area contributed by atoms with Crippen LogP contribution in [0.5, 0.6) is 11.5 Å². The lowest BCUT2D eigenvalue weighted by Gasteiger charge is -2.18. The number of nitrogens with zero attached hydrogens (tertiary/aromatic N) is 1. The lowest BCUT2D eigenvalue weighted by Crippen LogP contribution is -2.24. The minimum Gasteiger partial charge on any atom is -0.493 e. The number of rotatable bonds is 8. The summed E-state index contributed by atoms with van der Waals surface area (Å²) in [4.78, 5) is 17.5. The fraction of sp³-hybridized carbons (Fsp3) is 0.167. The number of pyridine rings is 1. The molecule has 31 heavy (non-hydrogen) atoms. The molecule has 1 heterocycles.